The molecule has 2 atom stereocenters. The topological polar surface area (TPSA) is 3.24 Å². The molecule has 1 aromatic rings. The van der Waals surface area contributed by atoms with Crippen molar-refractivity contribution in [1.29, 1.82) is 0 Å². The van der Waals surface area contributed by atoms with E-state index in [0.717, 1.165) is 6.04 Å². The first kappa shape index (κ1) is 12.0. The van der Waals surface area contributed by atoms with Crippen molar-refractivity contribution < 1.29 is 0 Å². The molecular formula is C18H25N. The maximum absolute atomic E-state index is 2.60. The fraction of sp³-hybridized carbons (Fsp3) is 0.667. The molecule has 102 valence electrons. The van der Waals surface area contributed by atoms with Crippen LogP contribution in [0.1, 0.15) is 62.3 Å². The molecule has 0 N–H and O–H groups in total. The van der Waals surface area contributed by atoms with Gasteiger partial charge in [0, 0.05) is 18.0 Å². The molecule has 1 fully saturated rings. The van der Waals surface area contributed by atoms with Crippen LogP contribution < -0.4 is 0 Å². The molecule has 4 rings (SSSR count). The molecule has 0 amide bonds. The molecular weight excluding hydrogens is 230 g/mol. The molecule has 19 heavy (non-hydrogen) atoms. The van der Waals surface area contributed by atoms with Crippen LogP contribution in [0.2, 0.25) is 0 Å². The van der Waals surface area contributed by atoms with Crippen LogP contribution in [-0.2, 0) is 23.8 Å². The number of hydrogen-bond acceptors (Lipinski definition) is 1. The van der Waals surface area contributed by atoms with Crippen LogP contribution in [0.3, 0.4) is 0 Å². The van der Waals surface area contributed by atoms with E-state index in [1.54, 1.807) is 16.7 Å². The zero-order valence-electron chi connectivity index (χ0n) is 12.7. The Bertz CT molecular complexity index is 552. The van der Waals surface area contributed by atoms with Gasteiger partial charge in [-0.3, -0.25) is 4.90 Å². The minimum absolute atomic E-state index is 0.273. The van der Waals surface area contributed by atoms with Crippen molar-refractivity contribution in [3.8, 4) is 0 Å². The first-order valence-electron chi connectivity index (χ1n) is 7.79. The highest BCUT2D eigenvalue weighted by Crippen LogP contribution is 2.61. The Hall–Kier alpha value is -0.820. The molecule has 1 heterocycles. The molecule has 0 saturated heterocycles. The largest absolute Gasteiger partial charge is 0.298 e. The highest BCUT2D eigenvalue weighted by Gasteiger charge is 2.61. The predicted octanol–water partition coefficient (Wildman–Crippen LogP) is 3.78. The summed E-state index contributed by atoms with van der Waals surface area (Å²) in [4.78, 5) is 2.60. The van der Waals surface area contributed by atoms with Gasteiger partial charge >= 0.3 is 0 Å². The third kappa shape index (κ3) is 1.51. The van der Waals surface area contributed by atoms with Crippen molar-refractivity contribution in [2.24, 2.45) is 0 Å². The monoisotopic (exact) mass is 255 g/mol. The van der Waals surface area contributed by atoms with Crippen LogP contribution in [0.4, 0.5) is 0 Å². The van der Waals surface area contributed by atoms with Crippen LogP contribution in [-0.4, -0.2) is 18.0 Å². The Morgan fingerprint density at radius 1 is 1.21 bits per heavy atom. The second-order valence-electron chi connectivity index (χ2n) is 8.06. The van der Waals surface area contributed by atoms with Crippen LogP contribution in [0.25, 0.3) is 0 Å². The van der Waals surface area contributed by atoms with E-state index in [4.69, 9.17) is 0 Å². The number of benzene rings is 1. The van der Waals surface area contributed by atoms with Crippen LogP contribution >= 0.6 is 0 Å². The lowest BCUT2D eigenvalue weighted by Crippen LogP contribution is -2.36. The first-order chi connectivity index (χ1) is 8.92. The molecule has 0 aromatic heterocycles. The van der Waals surface area contributed by atoms with Gasteiger partial charge in [0.2, 0.25) is 0 Å². The van der Waals surface area contributed by atoms with Gasteiger partial charge < -0.3 is 0 Å². The van der Waals surface area contributed by atoms with Crippen molar-refractivity contribution in [2.45, 2.75) is 69.9 Å². The third-order valence-corrected chi connectivity index (χ3v) is 5.72. The summed E-state index contributed by atoms with van der Waals surface area (Å²) in [6.45, 7) is 8.18. The molecule has 1 aliphatic heterocycles. The van der Waals surface area contributed by atoms with Gasteiger partial charge in [-0.05, 0) is 60.4 Å². The summed E-state index contributed by atoms with van der Waals surface area (Å²) in [6.07, 6.45) is 5.55. The Morgan fingerprint density at radius 2 is 1.95 bits per heavy atom. The van der Waals surface area contributed by atoms with Crippen LogP contribution in [0, 0.1) is 0 Å². The quantitative estimate of drug-likeness (QED) is 0.682. The summed E-state index contributed by atoms with van der Waals surface area (Å²) in [6, 6.07) is 5.89. The fourth-order valence-corrected chi connectivity index (χ4v) is 4.66. The summed E-state index contributed by atoms with van der Waals surface area (Å²) in [5, 5.41) is 0. The number of likely N-dealkylation sites (N-methyl/N-ethyl adjacent to an activating group) is 1. The standard InChI is InChI=1S/C18H25N/c1-17(2,3)14-8-12-6-5-7-18-10-15(18)19(4)11-13(9-14)16(12)18/h8-9,15H,5-7,10-11H2,1-4H3. The molecule has 2 aliphatic carbocycles. The van der Waals surface area contributed by atoms with Crippen molar-refractivity contribution in [3.05, 3.63) is 34.4 Å². The van der Waals surface area contributed by atoms with Crippen LogP contribution in [0.5, 0.6) is 0 Å². The average Bonchev–Trinajstić information content (AvgIpc) is 3.03. The van der Waals surface area contributed by atoms with Crippen molar-refractivity contribution >= 4 is 0 Å². The molecule has 0 radical (unpaired) electrons. The van der Waals surface area contributed by atoms with Gasteiger partial charge in [-0.25, -0.2) is 0 Å². The predicted molar refractivity (Wildman–Crippen MR) is 79.6 cm³/mol. The SMILES string of the molecule is CN1Cc2cc(C(C)(C)C)cc3c2C2(CCC3)CC12. The van der Waals surface area contributed by atoms with Gasteiger partial charge in [-0.2, -0.15) is 0 Å². The Balaban J connectivity index is 1.93. The molecule has 1 spiro atoms. The van der Waals surface area contributed by atoms with Crippen molar-refractivity contribution in [2.75, 3.05) is 7.05 Å². The number of nitrogens with zero attached hydrogens (tertiary/aromatic N) is 1. The molecule has 0 bridgehead atoms. The average molecular weight is 255 g/mol. The number of hydrogen-bond donors (Lipinski definition) is 0. The van der Waals surface area contributed by atoms with E-state index in [1.165, 1.54) is 37.8 Å². The van der Waals surface area contributed by atoms with E-state index in [-0.39, 0.29) is 5.41 Å². The Morgan fingerprint density at radius 3 is 2.68 bits per heavy atom. The van der Waals surface area contributed by atoms with Gasteiger partial charge in [-0.15, -0.1) is 0 Å². The smallest absolute Gasteiger partial charge is 0.0237 e. The first-order valence-corrected chi connectivity index (χ1v) is 7.79. The maximum atomic E-state index is 2.60. The van der Waals surface area contributed by atoms with E-state index in [0.29, 0.717) is 5.41 Å². The van der Waals surface area contributed by atoms with E-state index < -0.39 is 0 Å². The number of rotatable bonds is 0. The molecule has 1 nitrogen and oxygen atoms in total. The summed E-state index contributed by atoms with van der Waals surface area (Å²) in [5.74, 6) is 0. The minimum atomic E-state index is 0.273. The lowest BCUT2D eigenvalue weighted by atomic mass is 9.72. The van der Waals surface area contributed by atoms with Gasteiger partial charge in [0.1, 0.15) is 0 Å². The molecule has 1 aromatic carbocycles. The molecule has 3 aliphatic rings. The van der Waals surface area contributed by atoms with Crippen molar-refractivity contribution in [3.63, 3.8) is 0 Å². The Labute approximate surface area is 117 Å². The van der Waals surface area contributed by atoms with Crippen molar-refractivity contribution in [1.82, 2.24) is 4.90 Å². The van der Waals surface area contributed by atoms with E-state index >= 15 is 0 Å². The van der Waals surface area contributed by atoms with Gasteiger partial charge in [0.25, 0.3) is 0 Å². The van der Waals surface area contributed by atoms with E-state index in [1.807, 2.05) is 0 Å². The van der Waals surface area contributed by atoms with Gasteiger partial charge in [0.05, 0.1) is 0 Å². The summed E-state index contributed by atoms with van der Waals surface area (Å²) in [7, 11) is 2.32. The summed E-state index contributed by atoms with van der Waals surface area (Å²) < 4.78 is 0. The second kappa shape index (κ2) is 3.44. The summed E-state index contributed by atoms with van der Waals surface area (Å²) in [5.41, 5.74) is 7.46. The zero-order chi connectivity index (χ0) is 13.4. The fourth-order valence-electron chi connectivity index (χ4n) is 4.66. The Kier molecular flexibility index (Phi) is 2.16. The normalized spacial score (nSPS) is 32.7. The second-order valence-corrected chi connectivity index (χ2v) is 8.06. The molecule has 1 saturated carbocycles. The highest BCUT2D eigenvalue weighted by molar-refractivity contribution is 5.54. The summed E-state index contributed by atoms with van der Waals surface area (Å²) >= 11 is 0. The minimum Gasteiger partial charge on any atom is -0.298 e. The lowest BCUT2D eigenvalue weighted by molar-refractivity contribution is 0.259. The maximum Gasteiger partial charge on any atom is 0.0237 e. The number of aryl methyl sites for hydroxylation is 1. The molecule has 1 heteroatoms. The van der Waals surface area contributed by atoms with E-state index in [2.05, 4.69) is 44.9 Å². The van der Waals surface area contributed by atoms with Gasteiger partial charge in [0.15, 0.2) is 0 Å². The third-order valence-electron chi connectivity index (χ3n) is 5.72. The zero-order valence-corrected chi connectivity index (χ0v) is 12.7. The lowest BCUT2D eigenvalue weighted by Gasteiger charge is -2.38. The van der Waals surface area contributed by atoms with E-state index in [9.17, 15) is 0 Å². The molecule has 2 unspecified atom stereocenters. The van der Waals surface area contributed by atoms with Crippen LogP contribution in [0.15, 0.2) is 12.1 Å². The van der Waals surface area contributed by atoms with Gasteiger partial charge in [-0.1, -0.05) is 32.9 Å². The highest BCUT2D eigenvalue weighted by atomic mass is 15.2.